The monoisotopic (exact) mass is 521 g/mol. The van der Waals surface area contributed by atoms with E-state index in [2.05, 4.69) is 23.7 Å². The van der Waals surface area contributed by atoms with E-state index in [1.165, 1.54) is 6.07 Å². The van der Waals surface area contributed by atoms with E-state index in [1.807, 2.05) is 69.4 Å². The van der Waals surface area contributed by atoms with Crippen LogP contribution in [0.25, 0.3) is 0 Å². The van der Waals surface area contributed by atoms with Gasteiger partial charge in [-0.05, 0) is 56.2 Å². The van der Waals surface area contributed by atoms with Crippen LogP contribution in [0.1, 0.15) is 51.3 Å². The summed E-state index contributed by atoms with van der Waals surface area (Å²) in [6, 6.07) is 10.5. The minimum absolute atomic E-state index is 0.00193. The summed E-state index contributed by atoms with van der Waals surface area (Å²) in [6.45, 7) is 11.1. The summed E-state index contributed by atoms with van der Waals surface area (Å²) in [5, 5.41) is 12.6. The number of hydrogen-bond acceptors (Lipinski definition) is 4. The molecule has 2 aliphatic heterocycles. The fourth-order valence-electron chi connectivity index (χ4n) is 5.22. The molecule has 0 saturated carbocycles. The number of allylic oxidation sites excluding steroid dienone is 6. The molecule has 0 bridgehead atoms. The van der Waals surface area contributed by atoms with Gasteiger partial charge in [-0.3, -0.25) is 9.35 Å². The third-order valence-corrected chi connectivity index (χ3v) is 8.12. The van der Waals surface area contributed by atoms with Crippen LogP contribution in [0.3, 0.4) is 0 Å². The highest BCUT2D eigenvalue weighted by Crippen LogP contribution is 2.44. The molecular weight excluding hydrogens is 488 g/mol. The summed E-state index contributed by atoms with van der Waals surface area (Å²) >= 11 is 0. The number of anilines is 1. The Morgan fingerprint density at radius 3 is 2.38 bits per heavy atom. The molecule has 194 valence electrons. The van der Waals surface area contributed by atoms with E-state index < -0.39 is 21.5 Å². The fourth-order valence-corrected chi connectivity index (χ4v) is 5.72. The summed E-state index contributed by atoms with van der Waals surface area (Å²) in [6.07, 6.45) is 9.94. The van der Waals surface area contributed by atoms with Gasteiger partial charge in [-0.25, -0.2) is 0 Å². The number of carbonyl (C=O) groups is 1. The van der Waals surface area contributed by atoms with E-state index >= 15 is 0 Å². The average molecular weight is 522 g/mol. The third kappa shape index (κ3) is 4.91. The number of aliphatic carboxylic acids is 1. The molecule has 7 nitrogen and oxygen atoms in total. The molecule has 0 aromatic heterocycles. The molecule has 0 saturated heterocycles. The second kappa shape index (κ2) is 9.43. The Bertz CT molecular complexity index is 1510. The van der Waals surface area contributed by atoms with Gasteiger partial charge in [-0.1, -0.05) is 44.2 Å². The van der Waals surface area contributed by atoms with Gasteiger partial charge in [0.15, 0.2) is 5.71 Å². The Labute approximate surface area is 218 Å². The summed E-state index contributed by atoms with van der Waals surface area (Å²) in [7, 11) is -4.28. The van der Waals surface area contributed by atoms with Crippen LogP contribution in [0.5, 0.6) is 0 Å². The lowest BCUT2D eigenvalue weighted by atomic mass is 9.81. The molecule has 2 aliphatic rings. The Morgan fingerprint density at radius 2 is 1.73 bits per heavy atom. The molecule has 3 N–H and O–H groups in total. The highest BCUT2D eigenvalue weighted by molar-refractivity contribution is 7.85. The van der Waals surface area contributed by atoms with Crippen LogP contribution < -0.4 is 5.32 Å². The molecule has 0 amide bonds. The van der Waals surface area contributed by atoms with Crippen molar-refractivity contribution in [3.05, 3.63) is 89.2 Å². The largest absolute Gasteiger partial charge is 0.481 e. The first-order valence-corrected chi connectivity index (χ1v) is 13.7. The van der Waals surface area contributed by atoms with Gasteiger partial charge in [0.05, 0.1) is 16.7 Å². The maximum absolute atomic E-state index is 11.7. The van der Waals surface area contributed by atoms with E-state index in [4.69, 9.17) is 5.11 Å². The van der Waals surface area contributed by atoms with Crippen LogP contribution >= 0.6 is 0 Å². The molecule has 0 radical (unpaired) electrons. The first kappa shape index (κ1) is 26.6. The van der Waals surface area contributed by atoms with Gasteiger partial charge >= 0.3 is 5.97 Å². The van der Waals surface area contributed by atoms with E-state index in [0.717, 1.165) is 46.0 Å². The first-order valence-electron chi connectivity index (χ1n) is 12.2. The lowest BCUT2D eigenvalue weighted by molar-refractivity contribution is -0.433. The predicted molar refractivity (Wildman–Crippen MR) is 146 cm³/mol. The van der Waals surface area contributed by atoms with Gasteiger partial charge in [-0.15, -0.1) is 0 Å². The van der Waals surface area contributed by atoms with Crippen LogP contribution in [-0.2, 0) is 32.2 Å². The molecule has 0 fully saturated rings. The number of carboxylic acid groups (broad SMARTS) is 1. The lowest BCUT2D eigenvalue weighted by Crippen LogP contribution is -2.27. The first-order chi connectivity index (χ1) is 17.3. The van der Waals surface area contributed by atoms with Crippen molar-refractivity contribution in [1.29, 1.82) is 0 Å². The van der Waals surface area contributed by atoms with E-state index in [9.17, 15) is 17.8 Å². The Morgan fingerprint density at radius 1 is 1.00 bits per heavy atom. The Kier molecular flexibility index (Phi) is 6.77. The molecule has 37 heavy (non-hydrogen) atoms. The van der Waals surface area contributed by atoms with Crippen molar-refractivity contribution in [3.63, 3.8) is 0 Å². The van der Waals surface area contributed by atoms with E-state index in [-0.39, 0.29) is 16.7 Å². The van der Waals surface area contributed by atoms with Crippen LogP contribution in [-0.4, -0.2) is 40.9 Å². The number of carboxylic acids is 1. The standard InChI is InChI=1S/C29H32N2O5S/c1-6-31-24-15-13-20(37(34,35)36)18-22(24)29(4,5)26(31)11-9-7-8-10-25-28(2,3)21-16-19(17-27(32)33)12-14-23(21)30-25/h7-16,18H,6,17H2,1-5H3,(H2,32,33,34,35,36)/p+1. The molecule has 0 unspecified atom stereocenters. The zero-order chi connectivity index (χ0) is 27.2. The maximum atomic E-state index is 11.7. The molecule has 2 aromatic rings. The van der Waals surface area contributed by atoms with E-state index in [0.29, 0.717) is 0 Å². The van der Waals surface area contributed by atoms with Gasteiger partial charge in [0.1, 0.15) is 6.54 Å². The number of fused-ring (bicyclic) bond motifs is 2. The van der Waals surface area contributed by atoms with Crippen molar-refractivity contribution in [2.75, 3.05) is 11.9 Å². The van der Waals surface area contributed by atoms with Crippen molar-refractivity contribution in [3.8, 4) is 0 Å². The molecule has 0 atom stereocenters. The summed E-state index contributed by atoms with van der Waals surface area (Å²) in [5.41, 5.74) is 5.95. The number of nitrogens with one attached hydrogen (secondary N) is 1. The zero-order valence-electron chi connectivity index (χ0n) is 21.7. The van der Waals surface area contributed by atoms with Crippen LogP contribution in [0.15, 0.2) is 77.4 Å². The average Bonchev–Trinajstić information content (AvgIpc) is 3.18. The smallest absolute Gasteiger partial charge is 0.307 e. The van der Waals surface area contributed by atoms with Crippen molar-refractivity contribution in [2.24, 2.45) is 0 Å². The summed E-state index contributed by atoms with van der Waals surface area (Å²) < 4.78 is 35.0. The Hall–Kier alpha value is -3.49. The summed E-state index contributed by atoms with van der Waals surface area (Å²) in [5.74, 6) is -0.846. The van der Waals surface area contributed by atoms with Crippen molar-refractivity contribution >= 4 is 33.2 Å². The van der Waals surface area contributed by atoms with Gasteiger partial charge < -0.3 is 10.4 Å². The third-order valence-electron chi connectivity index (χ3n) is 7.27. The highest BCUT2D eigenvalue weighted by atomic mass is 32.2. The highest BCUT2D eigenvalue weighted by Gasteiger charge is 2.44. The molecule has 2 heterocycles. The zero-order valence-corrected chi connectivity index (χ0v) is 22.6. The Balaban J connectivity index is 1.56. The molecule has 4 rings (SSSR count). The minimum atomic E-state index is -4.28. The van der Waals surface area contributed by atoms with Crippen LogP contribution in [0.4, 0.5) is 11.4 Å². The lowest BCUT2D eigenvalue weighted by Gasteiger charge is -2.20. The quantitative estimate of drug-likeness (QED) is 0.257. The van der Waals surface area contributed by atoms with Gasteiger partial charge in [0.25, 0.3) is 10.1 Å². The van der Waals surface area contributed by atoms with Crippen molar-refractivity contribution < 1.29 is 27.4 Å². The van der Waals surface area contributed by atoms with Gasteiger partial charge in [-0.2, -0.15) is 13.0 Å². The number of rotatable bonds is 7. The molecule has 0 spiro atoms. The van der Waals surface area contributed by atoms with Gasteiger partial charge in [0, 0.05) is 34.5 Å². The molecule has 2 aromatic carbocycles. The van der Waals surface area contributed by atoms with E-state index in [1.54, 1.807) is 12.1 Å². The molecule has 8 heteroatoms. The normalized spacial score (nSPS) is 19.0. The molecule has 0 aliphatic carbocycles. The topological polar surface area (TPSA) is 107 Å². The second-order valence-corrected chi connectivity index (χ2v) is 11.9. The SMILES string of the molecule is CC[N+]1=C(C=CC=CC=C2Nc3ccc(CC(=O)O)cc3C2(C)C)C(C)(C)c2cc(S(=O)(=O)O)ccc21. The number of hydrogen-bond donors (Lipinski definition) is 3. The fraction of sp³-hybridized carbons (Fsp3) is 0.310. The van der Waals surface area contributed by atoms with Gasteiger partial charge in [0.2, 0.25) is 5.69 Å². The number of benzene rings is 2. The minimum Gasteiger partial charge on any atom is -0.481 e. The number of nitrogens with zero attached hydrogens (tertiary/aromatic N) is 1. The summed E-state index contributed by atoms with van der Waals surface area (Å²) in [4.78, 5) is 11.0. The predicted octanol–water partition coefficient (Wildman–Crippen LogP) is 5.36. The van der Waals surface area contributed by atoms with Crippen LogP contribution in [0, 0.1) is 0 Å². The maximum Gasteiger partial charge on any atom is 0.307 e. The van der Waals surface area contributed by atoms with Crippen molar-refractivity contribution in [1.82, 2.24) is 0 Å². The van der Waals surface area contributed by atoms with Crippen molar-refractivity contribution in [2.45, 2.75) is 56.8 Å². The molecular formula is C29H33N2O5S+. The van der Waals surface area contributed by atoms with Crippen LogP contribution in [0.2, 0.25) is 0 Å². The second-order valence-electron chi connectivity index (χ2n) is 10.4.